The molecule has 0 aliphatic carbocycles. The first kappa shape index (κ1) is 26.2. The second-order valence-corrected chi connectivity index (χ2v) is 14.3. The lowest BCUT2D eigenvalue weighted by Crippen LogP contribution is -2.10. The molecule has 0 radical (unpaired) electrons. The normalized spacial score (nSPS) is 13.4. The molecule has 1 heterocycles. The van der Waals surface area contributed by atoms with E-state index in [0.29, 0.717) is 38.8 Å². The summed E-state index contributed by atoms with van der Waals surface area (Å²) in [5, 5.41) is 5.19. The van der Waals surface area contributed by atoms with Gasteiger partial charge in [-0.3, -0.25) is 0 Å². The predicted molar refractivity (Wildman–Crippen MR) is 245 cm³/mol. The van der Waals surface area contributed by atoms with Crippen LogP contribution in [-0.4, -0.2) is 0 Å². The number of hydrogen-bond acceptors (Lipinski definition) is 2. The van der Waals surface area contributed by atoms with E-state index in [1.807, 2.05) is 140 Å². The molecule has 11 aromatic rings. The Bertz CT molecular complexity index is 3710. The lowest BCUT2D eigenvalue weighted by molar-refractivity contribution is 0.672. The maximum atomic E-state index is 9.76. The molecular weight excluding hydrogens is 703 g/mol. The van der Waals surface area contributed by atoms with Crippen LogP contribution >= 0.6 is 0 Å². The molecule has 0 saturated carbocycles. The molecule has 272 valence electrons. The molecule has 2 nitrogen and oxygen atoms in total. The van der Waals surface area contributed by atoms with Gasteiger partial charge in [-0.05, 0) is 121 Å². The standard InChI is InChI=1S/C56H37NO/c1-2-11-38(12-3-1)44-16-8-17-45(35-44)40-25-30-49(31-26-40)57(53-21-10-22-54-55(53)52-34-29-42-14-6-7-20-51(42)56(52)58-54)50-32-27-41(28-33-50)46-18-9-19-47(36-46)48-24-23-39-13-4-5-15-43(39)37-48/h1-37H/i25D,26D,27D,28D,30D,31D,32D,33D. The number of rotatable bonds is 7. The summed E-state index contributed by atoms with van der Waals surface area (Å²) in [5.41, 5.74) is 5.55. The Kier molecular flexibility index (Phi) is 6.38. The molecule has 0 fully saturated rings. The zero-order valence-corrected chi connectivity index (χ0v) is 31.1. The second kappa shape index (κ2) is 14.1. The van der Waals surface area contributed by atoms with Gasteiger partial charge in [0.05, 0.1) is 22.0 Å². The highest BCUT2D eigenvalue weighted by atomic mass is 16.3. The minimum absolute atomic E-state index is 0.0861. The fourth-order valence-corrected chi connectivity index (χ4v) is 7.91. The summed E-state index contributed by atoms with van der Waals surface area (Å²) in [6, 6.07) is 52.6. The van der Waals surface area contributed by atoms with Crippen molar-refractivity contribution in [1.82, 2.24) is 0 Å². The lowest BCUT2D eigenvalue weighted by Gasteiger charge is -2.26. The number of nitrogens with zero attached hydrogens (tertiary/aromatic N) is 1. The molecule has 0 unspecified atom stereocenters. The van der Waals surface area contributed by atoms with Crippen LogP contribution in [0.1, 0.15) is 11.0 Å². The fraction of sp³-hybridized carbons (Fsp3) is 0. The topological polar surface area (TPSA) is 16.4 Å². The Labute approximate surface area is 348 Å². The van der Waals surface area contributed by atoms with Gasteiger partial charge in [-0.25, -0.2) is 0 Å². The molecule has 1 aromatic heterocycles. The van der Waals surface area contributed by atoms with Gasteiger partial charge in [0.15, 0.2) is 0 Å². The van der Waals surface area contributed by atoms with Crippen LogP contribution in [0.3, 0.4) is 0 Å². The quantitative estimate of drug-likeness (QED) is 0.161. The zero-order valence-electron chi connectivity index (χ0n) is 39.1. The summed E-state index contributed by atoms with van der Waals surface area (Å²) in [4.78, 5) is 1.37. The molecule has 0 saturated heterocycles. The Balaban J connectivity index is 1.15. The third-order valence-electron chi connectivity index (χ3n) is 10.8. The molecule has 0 atom stereocenters. The first-order valence-corrected chi connectivity index (χ1v) is 19.2. The summed E-state index contributed by atoms with van der Waals surface area (Å²) in [7, 11) is 0. The van der Waals surface area contributed by atoms with Crippen molar-refractivity contribution in [2.75, 3.05) is 4.90 Å². The number of hydrogen-bond donors (Lipinski definition) is 0. The van der Waals surface area contributed by atoms with Crippen molar-refractivity contribution in [2.24, 2.45) is 0 Å². The first-order chi connectivity index (χ1) is 32.1. The number of anilines is 3. The second-order valence-electron chi connectivity index (χ2n) is 14.3. The number of benzene rings is 10. The maximum Gasteiger partial charge on any atom is 0.143 e. The van der Waals surface area contributed by atoms with Gasteiger partial charge in [0.25, 0.3) is 0 Å². The molecule has 0 bridgehead atoms. The van der Waals surface area contributed by atoms with Crippen molar-refractivity contribution >= 4 is 60.5 Å². The minimum atomic E-state index is -0.422. The molecule has 0 amide bonds. The van der Waals surface area contributed by atoms with E-state index in [9.17, 15) is 11.0 Å². The van der Waals surface area contributed by atoms with Gasteiger partial charge in [0, 0.05) is 22.1 Å². The van der Waals surface area contributed by atoms with Crippen LogP contribution < -0.4 is 4.90 Å². The lowest BCUT2D eigenvalue weighted by atomic mass is 9.97. The molecular formula is C56H37NO. The third kappa shape index (κ3) is 6.00. The molecule has 11 rings (SSSR count). The Hall–Kier alpha value is -7.68. The summed E-state index contributed by atoms with van der Waals surface area (Å²) >= 11 is 0. The summed E-state index contributed by atoms with van der Waals surface area (Å²) in [6.45, 7) is 0. The van der Waals surface area contributed by atoms with Crippen LogP contribution in [0.2, 0.25) is 0 Å². The van der Waals surface area contributed by atoms with Gasteiger partial charge in [-0.15, -0.1) is 0 Å². The van der Waals surface area contributed by atoms with Crippen molar-refractivity contribution in [1.29, 1.82) is 0 Å². The van der Waals surface area contributed by atoms with E-state index in [2.05, 4.69) is 6.07 Å². The third-order valence-corrected chi connectivity index (χ3v) is 10.8. The van der Waals surface area contributed by atoms with Crippen molar-refractivity contribution in [2.45, 2.75) is 0 Å². The summed E-state index contributed by atoms with van der Waals surface area (Å²) in [6.07, 6.45) is 0. The Morgan fingerprint density at radius 1 is 0.345 bits per heavy atom. The molecule has 0 aliphatic heterocycles. The van der Waals surface area contributed by atoms with E-state index in [-0.39, 0.29) is 46.7 Å². The highest BCUT2D eigenvalue weighted by Crippen LogP contribution is 2.45. The highest BCUT2D eigenvalue weighted by Gasteiger charge is 2.21. The van der Waals surface area contributed by atoms with Crippen LogP contribution in [-0.2, 0) is 0 Å². The van der Waals surface area contributed by atoms with Crippen LogP contribution in [0, 0.1) is 0 Å². The largest absolute Gasteiger partial charge is 0.455 e. The number of furan rings is 1. The van der Waals surface area contributed by atoms with Crippen LogP contribution in [0.5, 0.6) is 0 Å². The first-order valence-electron chi connectivity index (χ1n) is 23.2. The Morgan fingerprint density at radius 2 is 0.862 bits per heavy atom. The van der Waals surface area contributed by atoms with Crippen LogP contribution in [0.25, 0.3) is 88.0 Å². The summed E-state index contributed by atoms with van der Waals surface area (Å²) < 4.78 is 83.8. The summed E-state index contributed by atoms with van der Waals surface area (Å²) in [5.74, 6) is 0. The molecule has 0 spiro atoms. The predicted octanol–water partition coefficient (Wildman–Crippen LogP) is 16.0. The smallest absolute Gasteiger partial charge is 0.143 e. The van der Waals surface area contributed by atoms with Gasteiger partial charge in [0.2, 0.25) is 0 Å². The minimum Gasteiger partial charge on any atom is -0.455 e. The Morgan fingerprint density at radius 3 is 1.55 bits per heavy atom. The van der Waals surface area contributed by atoms with Crippen molar-refractivity contribution < 1.29 is 15.4 Å². The average Bonchev–Trinajstić information content (AvgIpc) is 3.75. The zero-order chi connectivity index (χ0) is 45.4. The van der Waals surface area contributed by atoms with E-state index >= 15 is 0 Å². The number of fused-ring (bicyclic) bond motifs is 6. The molecule has 10 aromatic carbocycles. The van der Waals surface area contributed by atoms with Gasteiger partial charge < -0.3 is 9.32 Å². The van der Waals surface area contributed by atoms with Crippen molar-refractivity contribution in [3.05, 3.63) is 224 Å². The van der Waals surface area contributed by atoms with E-state index in [0.717, 1.165) is 43.8 Å². The van der Waals surface area contributed by atoms with Crippen LogP contribution in [0.15, 0.2) is 229 Å². The van der Waals surface area contributed by atoms with Crippen molar-refractivity contribution in [3.8, 4) is 44.5 Å². The SMILES string of the molecule is [2H]c1c([2H])c(N(c2c([2H])c([2H])c(-c3cccc(-c4ccc5ccccc5c4)c3)c([2H])c2[2H])c2cccc3oc4c5ccccc5ccc4c23)c([2H])c([2H])c1-c1cccc(-c2ccccc2)c1. The van der Waals surface area contributed by atoms with Gasteiger partial charge >= 0.3 is 0 Å². The monoisotopic (exact) mass is 747 g/mol. The average molecular weight is 748 g/mol. The van der Waals surface area contributed by atoms with E-state index in [1.165, 1.54) is 4.90 Å². The van der Waals surface area contributed by atoms with Gasteiger partial charge in [-0.2, -0.15) is 0 Å². The maximum absolute atomic E-state index is 9.76. The van der Waals surface area contributed by atoms with Crippen molar-refractivity contribution in [3.63, 3.8) is 0 Å². The van der Waals surface area contributed by atoms with E-state index < -0.39 is 24.2 Å². The molecule has 2 heteroatoms. The fourth-order valence-electron chi connectivity index (χ4n) is 7.91. The van der Waals surface area contributed by atoms with Gasteiger partial charge in [0.1, 0.15) is 11.2 Å². The molecule has 58 heavy (non-hydrogen) atoms. The van der Waals surface area contributed by atoms with Crippen LogP contribution in [0.4, 0.5) is 17.1 Å². The van der Waals surface area contributed by atoms with E-state index in [1.54, 1.807) is 30.3 Å². The van der Waals surface area contributed by atoms with Gasteiger partial charge in [-0.1, -0.05) is 164 Å². The van der Waals surface area contributed by atoms with E-state index in [4.69, 9.17) is 4.42 Å². The highest BCUT2D eigenvalue weighted by molar-refractivity contribution is 6.19. The molecule has 0 aliphatic rings. The molecule has 0 N–H and O–H groups in total.